The Morgan fingerprint density at radius 2 is 2.12 bits per heavy atom. The Hall–Kier alpha value is 0.230. The lowest BCUT2D eigenvalue weighted by molar-refractivity contribution is -0.129. The Bertz CT molecular complexity index is 243. The van der Waals surface area contributed by atoms with E-state index in [4.69, 9.17) is 4.74 Å². The Kier molecular flexibility index (Phi) is 3.84. The fourth-order valence-electron chi connectivity index (χ4n) is 3.17. The Morgan fingerprint density at radius 3 is 2.56 bits per heavy atom. The summed E-state index contributed by atoms with van der Waals surface area (Å²) in [7, 11) is 0. The third-order valence-electron chi connectivity index (χ3n) is 4.16. The minimum absolute atomic E-state index is 0.0129. The van der Waals surface area contributed by atoms with E-state index < -0.39 is 5.60 Å². The third-order valence-corrected chi connectivity index (χ3v) is 5.02. The maximum absolute atomic E-state index is 10.8. The van der Waals surface area contributed by atoms with Gasteiger partial charge in [0.2, 0.25) is 0 Å². The number of nitrogens with zero attached hydrogens (tertiary/aromatic N) is 1. The zero-order chi connectivity index (χ0) is 11.8. The summed E-state index contributed by atoms with van der Waals surface area (Å²) in [5.41, 5.74) is -0.659. The number of hydrogen-bond donors (Lipinski definition) is 2. The second-order valence-electron chi connectivity index (χ2n) is 5.15. The number of aliphatic hydroxyl groups is 1. The maximum Gasteiger partial charge on any atom is 0.0943 e. The van der Waals surface area contributed by atoms with Crippen LogP contribution in [0, 0.1) is 5.92 Å². The van der Waals surface area contributed by atoms with Gasteiger partial charge in [-0.1, -0.05) is 0 Å². The smallest absolute Gasteiger partial charge is 0.0943 e. The Morgan fingerprint density at radius 1 is 1.50 bits per heavy atom. The van der Waals surface area contributed by atoms with Crippen molar-refractivity contribution in [3.63, 3.8) is 0 Å². The Balaban J connectivity index is 2.06. The minimum atomic E-state index is -0.659. The topological polar surface area (TPSA) is 32.7 Å². The molecule has 0 amide bonds. The fourth-order valence-corrected chi connectivity index (χ4v) is 3.55. The van der Waals surface area contributed by atoms with E-state index in [0.29, 0.717) is 12.5 Å². The molecule has 3 fully saturated rings. The molecule has 0 spiro atoms. The van der Waals surface area contributed by atoms with Gasteiger partial charge in [0.05, 0.1) is 17.0 Å². The van der Waals surface area contributed by atoms with Gasteiger partial charge in [-0.25, -0.2) is 0 Å². The van der Waals surface area contributed by atoms with Crippen molar-refractivity contribution in [2.75, 3.05) is 26.2 Å². The van der Waals surface area contributed by atoms with Gasteiger partial charge in [0.25, 0.3) is 0 Å². The van der Waals surface area contributed by atoms with Crippen LogP contribution in [-0.2, 0) is 4.74 Å². The van der Waals surface area contributed by atoms with Crippen molar-refractivity contribution in [3.8, 4) is 0 Å². The number of hydrogen-bond acceptors (Lipinski definition) is 4. The molecule has 0 aromatic heterocycles. The Labute approximate surface area is 104 Å². The molecule has 0 saturated carbocycles. The molecule has 0 aliphatic carbocycles. The van der Waals surface area contributed by atoms with Gasteiger partial charge in [0.15, 0.2) is 0 Å². The van der Waals surface area contributed by atoms with E-state index in [1.807, 2.05) is 13.8 Å². The fraction of sp³-hybridized carbons (Fsp3) is 1.00. The lowest BCUT2D eigenvalue weighted by atomic mass is 9.72. The van der Waals surface area contributed by atoms with Crippen molar-refractivity contribution >= 4 is 12.6 Å². The van der Waals surface area contributed by atoms with Crippen LogP contribution in [0.25, 0.3) is 0 Å². The first-order valence-corrected chi connectivity index (χ1v) is 6.84. The molecule has 3 atom stereocenters. The lowest BCUT2D eigenvalue weighted by Gasteiger charge is -2.53. The zero-order valence-electron chi connectivity index (χ0n) is 10.2. The summed E-state index contributed by atoms with van der Waals surface area (Å²) in [5.74, 6) is 0.405. The van der Waals surface area contributed by atoms with Gasteiger partial charge in [-0.05, 0) is 45.7 Å². The van der Waals surface area contributed by atoms with Gasteiger partial charge in [-0.15, -0.1) is 0 Å². The highest BCUT2D eigenvalue weighted by atomic mass is 32.1. The normalized spacial score (nSPS) is 42.0. The average molecular weight is 245 g/mol. The number of thiol groups is 1. The van der Waals surface area contributed by atoms with Crippen LogP contribution < -0.4 is 0 Å². The van der Waals surface area contributed by atoms with Crippen LogP contribution in [-0.4, -0.2) is 53.2 Å². The molecule has 94 valence electrons. The maximum atomic E-state index is 10.8. The van der Waals surface area contributed by atoms with Crippen molar-refractivity contribution in [1.82, 2.24) is 4.90 Å². The molecular formula is C12H23NO2S. The van der Waals surface area contributed by atoms with Crippen molar-refractivity contribution in [3.05, 3.63) is 0 Å². The van der Waals surface area contributed by atoms with Crippen LogP contribution >= 0.6 is 12.6 Å². The first-order valence-electron chi connectivity index (χ1n) is 6.32. The van der Waals surface area contributed by atoms with E-state index in [2.05, 4.69) is 17.5 Å². The summed E-state index contributed by atoms with van der Waals surface area (Å²) in [6.07, 6.45) is 2.22. The molecule has 4 heteroatoms. The lowest BCUT2D eigenvalue weighted by Crippen LogP contribution is -2.65. The zero-order valence-corrected chi connectivity index (χ0v) is 11.1. The summed E-state index contributed by atoms with van der Waals surface area (Å²) in [6, 6.07) is 0. The number of piperidine rings is 3. The van der Waals surface area contributed by atoms with E-state index in [1.165, 1.54) is 0 Å². The van der Waals surface area contributed by atoms with Crippen LogP contribution in [0.3, 0.4) is 0 Å². The molecule has 16 heavy (non-hydrogen) atoms. The molecule has 3 aliphatic heterocycles. The number of ether oxygens (including phenoxy) is 1. The van der Waals surface area contributed by atoms with Crippen molar-refractivity contribution < 1.29 is 9.84 Å². The molecule has 0 aromatic carbocycles. The second kappa shape index (κ2) is 4.84. The monoisotopic (exact) mass is 245 g/mol. The highest BCUT2D eigenvalue weighted by Gasteiger charge is 2.50. The predicted molar refractivity (Wildman–Crippen MR) is 68.0 cm³/mol. The number of rotatable bonds is 4. The summed E-state index contributed by atoms with van der Waals surface area (Å²) in [6.45, 7) is 7.72. The van der Waals surface area contributed by atoms with Crippen LogP contribution in [0.4, 0.5) is 0 Å². The van der Waals surface area contributed by atoms with Crippen molar-refractivity contribution in [2.24, 2.45) is 5.92 Å². The summed E-state index contributed by atoms with van der Waals surface area (Å²) >= 11 is 4.62. The molecule has 0 aromatic rings. The largest absolute Gasteiger partial charge is 0.387 e. The summed E-state index contributed by atoms with van der Waals surface area (Å²) < 4.78 is 5.57. The van der Waals surface area contributed by atoms with Crippen molar-refractivity contribution in [1.29, 1.82) is 0 Å². The standard InChI is InChI=1S/C12H23NO2S/c1-3-15-9(2)11(16)12(14)8-13-6-4-10(12)5-7-13/h9-11,14,16H,3-8H2,1-2H3. The molecule has 3 rings (SSSR count). The predicted octanol–water partition coefficient (Wildman–Crippen LogP) is 1.17. The minimum Gasteiger partial charge on any atom is -0.387 e. The van der Waals surface area contributed by atoms with Crippen LogP contribution in [0.1, 0.15) is 26.7 Å². The van der Waals surface area contributed by atoms with Crippen LogP contribution in [0.5, 0.6) is 0 Å². The highest BCUT2D eigenvalue weighted by molar-refractivity contribution is 7.81. The molecule has 3 unspecified atom stereocenters. The van der Waals surface area contributed by atoms with Crippen LogP contribution in [0.2, 0.25) is 0 Å². The highest BCUT2D eigenvalue weighted by Crippen LogP contribution is 2.40. The molecular weight excluding hydrogens is 222 g/mol. The van der Waals surface area contributed by atoms with Gasteiger partial charge in [-0.3, -0.25) is 0 Å². The first kappa shape index (κ1) is 12.7. The van der Waals surface area contributed by atoms with Gasteiger partial charge >= 0.3 is 0 Å². The van der Waals surface area contributed by atoms with Gasteiger partial charge in [0, 0.05) is 13.2 Å². The molecule has 2 bridgehead atoms. The quantitative estimate of drug-likeness (QED) is 0.729. The van der Waals surface area contributed by atoms with E-state index in [1.54, 1.807) is 0 Å². The molecule has 0 radical (unpaired) electrons. The summed E-state index contributed by atoms with van der Waals surface area (Å²) in [5, 5.41) is 10.7. The third kappa shape index (κ3) is 2.13. The molecule has 3 saturated heterocycles. The average Bonchev–Trinajstić information content (AvgIpc) is 2.29. The van der Waals surface area contributed by atoms with Crippen LogP contribution in [0.15, 0.2) is 0 Å². The van der Waals surface area contributed by atoms with E-state index in [-0.39, 0.29) is 11.4 Å². The second-order valence-corrected chi connectivity index (χ2v) is 5.70. The van der Waals surface area contributed by atoms with Crippen molar-refractivity contribution in [2.45, 2.75) is 43.6 Å². The van der Waals surface area contributed by atoms with E-state index in [0.717, 1.165) is 32.5 Å². The molecule has 3 aliphatic rings. The van der Waals surface area contributed by atoms with Gasteiger partial charge < -0.3 is 14.7 Å². The molecule has 3 nitrogen and oxygen atoms in total. The first-order chi connectivity index (χ1) is 7.58. The SMILES string of the molecule is CCOC(C)C(S)C1(O)CN2CCC1CC2. The molecule has 1 N–H and O–H groups in total. The van der Waals surface area contributed by atoms with E-state index >= 15 is 0 Å². The van der Waals surface area contributed by atoms with Gasteiger partial charge in [0.1, 0.15) is 0 Å². The summed E-state index contributed by atoms with van der Waals surface area (Å²) in [4.78, 5) is 2.35. The van der Waals surface area contributed by atoms with E-state index in [9.17, 15) is 5.11 Å². The number of fused-ring (bicyclic) bond motifs is 3. The molecule has 3 heterocycles. The van der Waals surface area contributed by atoms with Gasteiger partial charge in [-0.2, -0.15) is 12.6 Å².